The molecule has 14 heavy (non-hydrogen) atoms. The van der Waals surface area contributed by atoms with E-state index in [2.05, 4.69) is 16.6 Å². The van der Waals surface area contributed by atoms with E-state index >= 15 is 0 Å². The van der Waals surface area contributed by atoms with Gasteiger partial charge in [-0.3, -0.25) is 9.98 Å². The first-order valence-electron chi connectivity index (χ1n) is 4.34. The van der Waals surface area contributed by atoms with E-state index in [0.717, 1.165) is 17.7 Å². The van der Waals surface area contributed by atoms with Crippen molar-refractivity contribution in [3.63, 3.8) is 0 Å². The number of nitrogens with zero attached hydrogens (tertiary/aromatic N) is 2. The molecular formula is C11H10N2O. The Morgan fingerprint density at radius 2 is 2.36 bits per heavy atom. The van der Waals surface area contributed by atoms with Crippen LogP contribution in [0.3, 0.4) is 0 Å². The van der Waals surface area contributed by atoms with Gasteiger partial charge < -0.3 is 4.74 Å². The summed E-state index contributed by atoms with van der Waals surface area (Å²) in [6.45, 7) is 3.72. The van der Waals surface area contributed by atoms with E-state index in [1.54, 1.807) is 24.8 Å². The average molecular weight is 186 g/mol. The number of rotatable bonds is 0. The third kappa shape index (κ3) is 1.88. The van der Waals surface area contributed by atoms with Gasteiger partial charge in [-0.05, 0) is 12.5 Å². The molecule has 0 radical (unpaired) electrons. The second-order valence-corrected chi connectivity index (χ2v) is 2.92. The highest BCUT2D eigenvalue weighted by molar-refractivity contribution is 5.76. The molecule has 0 N–H and O–H groups in total. The molecule has 0 unspecified atom stereocenters. The van der Waals surface area contributed by atoms with Crippen LogP contribution in [0.4, 0.5) is 0 Å². The number of ether oxygens (including phenoxy) is 1. The van der Waals surface area contributed by atoms with E-state index in [1.165, 1.54) is 0 Å². The zero-order valence-corrected chi connectivity index (χ0v) is 7.68. The summed E-state index contributed by atoms with van der Waals surface area (Å²) in [5.74, 6) is 1.27. The molecule has 1 aliphatic rings. The maximum atomic E-state index is 5.47. The Kier molecular flexibility index (Phi) is 2.40. The summed E-state index contributed by atoms with van der Waals surface area (Å²) in [4.78, 5) is 8.01. The van der Waals surface area contributed by atoms with Crippen LogP contribution in [-0.4, -0.2) is 11.2 Å². The zero-order valence-electron chi connectivity index (χ0n) is 7.68. The van der Waals surface area contributed by atoms with Gasteiger partial charge in [0.1, 0.15) is 11.5 Å². The predicted octanol–water partition coefficient (Wildman–Crippen LogP) is 2.11. The highest BCUT2D eigenvalue weighted by Crippen LogP contribution is 2.19. The van der Waals surface area contributed by atoms with E-state index in [-0.39, 0.29) is 0 Å². The van der Waals surface area contributed by atoms with E-state index < -0.39 is 0 Å². The first-order chi connectivity index (χ1) is 6.86. The molecular weight excluding hydrogens is 176 g/mol. The second kappa shape index (κ2) is 3.87. The Morgan fingerprint density at radius 1 is 1.43 bits per heavy atom. The van der Waals surface area contributed by atoms with Gasteiger partial charge >= 0.3 is 0 Å². The maximum Gasteiger partial charge on any atom is 0.149 e. The summed E-state index contributed by atoms with van der Waals surface area (Å²) in [5.41, 5.74) is 1.09. The fourth-order valence-electron chi connectivity index (χ4n) is 1.20. The van der Waals surface area contributed by atoms with Crippen molar-refractivity contribution in [3.8, 4) is 5.75 Å². The molecule has 0 bridgehead atoms. The molecule has 2 heterocycles. The first kappa shape index (κ1) is 8.69. The van der Waals surface area contributed by atoms with Gasteiger partial charge in [0.15, 0.2) is 0 Å². The summed E-state index contributed by atoms with van der Waals surface area (Å²) >= 11 is 0. The van der Waals surface area contributed by atoms with Crippen molar-refractivity contribution >= 4 is 6.21 Å². The summed E-state index contributed by atoms with van der Waals surface area (Å²) in [5, 5.41) is 0. The molecule has 3 heteroatoms. The van der Waals surface area contributed by atoms with E-state index in [0.29, 0.717) is 5.76 Å². The van der Waals surface area contributed by atoms with Crippen LogP contribution in [0.5, 0.6) is 5.75 Å². The minimum Gasteiger partial charge on any atom is -0.454 e. The lowest BCUT2D eigenvalue weighted by Gasteiger charge is -2.07. The molecule has 0 aromatic carbocycles. The van der Waals surface area contributed by atoms with Gasteiger partial charge in [-0.15, -0.1) is 0 Å². The standard InChI is InChI=1S/C11H10N2O/c1-9-7-12-5-2-3-10-4-6-13-8-11(10)14-9/h2,4-8H,1,3H2/b5-2-,12-7-. The molecule has 3 nitrogen and oxygen atoms in total. The van der Waals surface area contributed by atoms with Gasteiger partial charge in [0, 0.05) is 18.0 Å². The first-order valence-corrected chi connectivity index (χ1v) is 4.34. The molecule has 0 amide bonds. The van der Waals surface area contributed by atoms with Gasteiger partial charge in [0.05, 0.1) is 12.4 Å². The van der Waals surface area contributed by atoms with Crippen LogP contribution in [0.1, 0.15) is 5.56 Å². The fourth-order valence-corrected chi connectivity index (χ4v) is 1.20. The summed E-state index contributed by atoms with van der Waals surface area (Å²) < 4.78 is 5.47. The van der Waals surface area contributed by atoms with Crippen LogP contribution in [0.2, 0.25) is 0 Å². The quantitative estimate of drug-likeness (QED) is 0.622. The van der Waals surface area contributed by atoms with Gasteiger partial charge in [0.25, 0.3) is 0 Å². The van der Waals surface area contributed by atoms with Crippen molar-refractivity contribution in [2.24, 2.45) is 4.99 Å². The summed E-state index contributed by atoms with van der Waals surface area (Å²) in [6, 6.07) is 1.93. The van der Waals surface area contributed by atoms with E-state index in [4.69, 9.17) is 4.74 Å². The van der Waals surface area contributed by atoms with E-state index in [9.17, 15) is 0 Å². The molecule has 1 aromatic heterocycles. The zero-order chi connectivity index (χ0) is 9.80. The number of pyridine rings is 1. The fraction of sp³-hybridized carbons (Fsp3) is 0.0909. The Bertz CT molecular complexity index is 408. The van der Waals surface area contributed by atoms with Crippen LogP contribution in [0, 0.1) is 0 Å². The van der Waals surface area contributed by atoms with Crippen LogP contribution < -0.4 is 4.74 Å². The van der Waals surface area contributed by atoms with Crippen molar-refractivity contribution < 1.29 is 4.74 Å². The second-order valence-electron chi connectivity index (χ2n) is 2.92. The molecule has 0 atom stereocenters. The molecule has 0 saturated heterocycles. The van der Waals surface area contributed by atoms with Crippen molar-refractivity contribution in [2.45, 2.75) is 6.42 Å². The molecule has 0 spiro atoms. The normalized spacial score (nSPS) is 19.6. The number of aromatic nitrogens is 1. The number of hydrogen-bond donors (Lipinski definition) is 0. The molecule has 0 saturated carbocycles. The molecule has 1 aromatic rings. The number of aliphatic imine (C=N–C) groups is 1. The van der Waals surface area contributed by atoms with E-state index in [1.807, 2.05) is 12.1 Å². The highest BCUT2D eigenvalue weighted by atomic mass is 16.5. The monoisotopic (exact) mass is 186 g/mol. The van der Waals surface area contributed by atoms with Gasteiger partial charge in [-0.25, -0.2) is 0 Å². The third-order valence-corrected chi connectivity index (χ3v) is 1.86. The van der Waals surface area contributed by atoms with Gasteiger partial charge in [-0.1, -0.05) is 12.7 Å². The third-order valence-electron chi connectivity index (χ3n) is 1.86. The average Bonchev–Trinajstić information content (AvgIpc) is 2.27. The lowest BCUT2D eigenvalue weighted by molar-refractivity contribution is 0.453. The minimum atomic E-state index is 0.519. The Morgan fingerprint density at radius 3 is 3.29 bits per heavy atom. The Hall–Kier alpha value is -1.90. The summed E-state index contributed by atoms with van der Waals surface area (Å²) in [7, 11) is 0. The smallest absolute Gasteiger partial charge is 0.149 e. The largest absolute Gasteiger partial charge is 0.454 e. The van der Waals surface area contributed by atoms with Crippen molar-refractivity contribution in [3.05, 3.63) is 48.6 Å². The van der Waals surface area contributed by atoms with Gasteiger partial charge in [-0.2, -0.15) is 0 Å². The van der Waals surface area contributed by atoms with Crippen LogP contribution in [-0.2, 0) is 6.42 Å². The number of allylic oxidation sites excluding steroid dienone is 2. The van der Waals surface area contributed by atoms with Crippen molar-refractivity contribution in [1.29, 1.82) is 0 Å². The van der Waals surface area contributed by atoms with Crippen LogP contribution in [0.15, 0.2) is 48.1 Å². The van der Waals surface area contributed by atoms with Crippen molar-refractivity contribution in [1.82, 2.24) is 4.98 Å². The Labute approximate surface area is 82.5 Å². The lowest BCUT2D eigenvalue weighted by Crippen LogP contribution is -1.97. The minimum absolute atomic E-state index is 0.519. The van der Waals surface area contributed by atoms with Crippen LogP contribution >= 0.6 is 0 Å². The maximum absolute atomic E-state index is 5.47. The number of fused-ring (bicyclic) bond motifs is 1. The van der Waals surface area contributed by atoms with Crippen molar-refractivity contribution in [2.75, 3.05) is 0 Å². The number of hydrogen-bond acceptors (Lipinski definition) is 3. The highest BCUT2D eigenvalue weighted by Gasteiger charge is 2.04. The molecule has 70 valence electrons. The molecule has 0 fully saturated rings. The molecule has 2 rings (SSSR count). The summed E-state index contributed by atoms with van der Waals surface area (Å²) in [6.07, 6.45) is 9.52. The molecule has 1 aliphatic heterocycles. The predicted molar refractivity (Wildman–Crippen MR) is 55.3 cm³/mol. The lowest BCUT2D eigenvalue weighted by atomic mass is 10.2. The van der Waals surface area contributed by atoms with Crippen LogP contribution in [0.25, 0.3) is 0 Å². The topological polar surface area (TPSA) is 34.5 Å². The Balaban J connectivity index is 2.39. The molecule has 0 aliphatic carbocycles. The SMILES string of the molecule is C=C1/C=N\C=C/Cc2ccncc2O1. The van der Waals surface area contributed by atoms with Gasteiger partial charge in [0.2, 0.25) is 0 Å².